The third kappa shape index (κ3) is 5.39. The van der Waals surface area contributed by atoms with Gasteiger partial charge in [-0.3, -0.25) is 0 Å². The first-order chi connectivity index (χ1) is 10.1. The summed E-state index contributed by atoms with van der Waals surface area (Å²) >= 11 is 3.71. The van der Waals surface area contributed by atoms with Crippen LogP contribution < -0.4 is 5.32 Å². The van der Waals surface area contributed by atoms with Crippen molar-refractivity contribution >= 4 is 15.9 Å². The van der Waals surface area contributed by atoms with E-state index in [9.17, 15) is 0 Å². The summed E-state index contributed by atoms with van der Waals surface area (Å²) in [5.74, 6) is 1.20. The highest BCUT2D eigenvalue weighted by atomic mass is 79.9. The monoisotopic (exact) mass is 353 g/mol. The summed E-state index contributed by atoms with van der Waals surface area (Å²) in [6.07, 6.45) is 4.35. The van der Waals surface area contributed by atoms with Crippen molar-refractivity contribution < 1.29 is 4.74 Å². The maximum atomic E-state index is 6.04. The normalized spacial score (nSPS) is 23.7. The van der Waals surface area contributed by atoms with Crippen molar-refractivity contribution in [3.8, 4) is 0 Å². The molecule has 1 aliphatic heterocycles. The fraction of sp³-hybridized carbons (Fsp3) is 0.667. The molecule has 0 aromatic heterocycles. The van der Waals surface area contributed by atoms with E-state index in [4.69, 9.17) is 4.74 Å². The highest BCUT2D eigenvalue weighted by molar-refractivity contribution is 9.10. The van der Waals surface area contributed by atoms with Crippen LogP contribution >= 0.6 is 15.9 Å². The smallest absolute Gasteiger partial charge is 0.0586 e. The van der Waals surface area contributed by atoms with Gasteiger partial charge in [0.05, 0.1) is 12.2 Å². The molecule has 0 amide bonds. The Labute approximate surface area is 137 Å². The number of benzene rings is 1. The molecule has 3 atom stereocenters. The zero-order valence-corrected chi connectivity index (χ0v) is 15.0. The topological polar surface area (TPSA) is 21.3 Å². The molecule has 0 saturated carbocycles. The van der Waals surface area contributed by atoms with Crippen LogP contribution in [0.5, 0.6) is 0 Å². The van der Waals surface area contributed by atoms with Crippen LogP contribution in [-0.4, -0.2) is 25.3 Å². The molecule has 3 unspecified atom stereocenters. The second kappa shape index (κ2) is 8.30. The van der Waals surface area contributed by atoms with Crippen LogP contribution in [0.4, 0.5) is 0 Å². The molecule has 2 nitrogen and oxygen atoms in total. The molecule has 1 N–H and O–H groups in total. The SMILES string of the molecule is CC(C)CNCC(CC1CCC(C)O1)c1ccccc1Br. The van der Waals surface area contributed by atoms with E-state index in [1.807, 2.05) is 0 Å². The van der Waals surface area contributed by atoms with Gasteiger partial charge in [-0.05, 0) is 56.2 Å². The molecule has 3 heteroatoms. The van der Waals surface area contributed by atoms with Crippen LogP contribution in [-0.2, 0) is 4.74 Å². The lowest BCUT2D eigenvalue weighted by atomic mass is 9.92. The van der Waals surface area contributed by atoms with E-state index in [2.05, 4.69) is 66.3 Å². The van der Waals surface area contributed by atoms with Crippen molar-refractivity contribution in [2.75, 3.05) is 13.1 Å². The number of hydrogen-bond donors (Lipinski definition) is 1. The van der Waals surface area contributed by atoms with Gasteiger partial charge in [-0.1, -0.05) is 48.0 Å². The quantitative estimate of drug-likeness (QED) is 0.764. The molecule has 1 heterocycles. The molecule has 2 rings (SSSR count). The number of nitrogens with one attached hydrogen (secondary N) is 1. The van der Waals surface area contributed by atoms with E-state index >= 15 is 0 Å². The van der Waals surface area contributed by atoms with E-state index in [1.165, 1.54) is 22.9 Å². The minimum absolute atomic E-state index is 0.415. The summed E-state index contributed by atoms with van der Waals surface area (Å²) in [6, 6.07) is 8.60. The van der Waals surface area contributed by atoms with Gasteiger partial charge in [-0.15, -0.1) is 0 Å². The first-order valence-electron chi connectivity index (χ1n) is 8.17. The minimum atomic E-state index is 0.415. The molecule has 118 valence electrons. The summed E-state index contributed by atoms with van der Waals surface area (Å²) in [4.78, 5) is 0. The average Bonchev–Trinajstić information content (AvgIpc) is 2.83. The van der Waals surface area contributed by atoms with Gasteiger partial charge >= 0.3 is 0 Å². The zero-order valence-electron chi connectivity index (χ0n) is 13.4. The van der Waals surface area contributed by atoms with Crippen molar-refractivity contribution in [2.45, 2.75) is 58.2 Å². The Hall–Kier alpha value is -0.380. The van der Waals surface area contributed by atoms with E-state index in [-0.39, 0.29) is 0 Å². The predicted molar refractivity (Wildman–Crippen MR) is 92.8 cm³/mol. The van der Waals surface area contributed by atoms with Crippen molar-refractivity contribution in [3.63, 3.8) is 0 Å². The minimum Gasteiger partial charge on any atom is -0.375 e. The first kappa shape index (κ1) is 17.0. The molecule has 1 aromatic rings. The third-order valence-electron chi connectivity index (χ3n) is 4.16. The van der Waals surface area contributed by atoms with E-state index < -0.39 is 0 Å². The molecule has 0 spiro atoms. The molecule has 0 bridgehead atoms. The summed E-state index contributed by atoms with van der Waals surface area (Å²) in [5.41, 5.74) is 1.40. The Kier molecular flexibility index (Phi) is 6.72. The number of hydrogen-bond acceptors (Lipinski definition) is 2. The molecule has 1 fully saturated rings. The van der Waals surface area contributed by atoms with Crippen molar-refractivity contribution in [3.05, 3.63) is 34.3 Å². The Morgan fingerprint density at radius 2 is 2.00 bits per heavy atom. The Morgan fingerprint density at radius 1 is 1.24 bits per heavy atom. The summed E-state index contributed by atoms with van der Waals surface area (Å²) in [6.45, 7) is 8.78. The molecule has 21 heavy (non-hydrogen) atoms. The number of halogens is 1. The largest absolute Gasteiger partial charge is 0.375 e. The lowest BCUT2D eigenvalue weighted by Gasteiger charge is -2.23. The summed E-state index contributed by atoms with van der Waals surface area (Å²) in [7, 11) is 0. The Morgan fingerprint density at radius 3 is 2.62 bits per heavy atom. The molecule has 0 radical (unpaired) electrons. The third-order valence-corrected chi connectivity index (χ3v) is 4.88. The standard InChI is InChI=1S/C18H28BrNO/c1-13(2)11-20-12-15(10-16-9-8-14(3)21-16)17-6-4-5-7-18(17)19/h4-7,13-16,20H,8-12H2,1-3H3. The van der Waals surface area contributed by atoms with Gasteiger partial charge in [0.25, 0.3) is 0 Å². The maximum absolute atomic E-state index is 6.04. The van der Waals surface area contributed by atoms with Crippen LogP contribution in [0.25, 0.3) is 0 Å². The first-order valence-corrected chi connectivity index (χ1v) is 8.96. The van der Waals surface area contributed by atoms with Gasteiger partial charge < -0.3 is 10.1 Å². The van der Waals surface area contributed by atoms with E-state index in [1.54, 1.807) is 0 Å². The molecule has 1 aromatic carbocycles. The van der Waals surface area contributed by atoms with Gasteiger partial charge in [0.1, 0.15) is 0 Å². The van der Waals surface area contributed by atoms with E-state index in [0.29, 0.717) is 24.0 Å². The van der Waals surface area contributed by atoms with Gasteiger partial charge in [-0.25, -0.2) is 0 Å². The second-order valence-electron chi connectivity index (χ2n) is 6.65. The Bertz CT molecular complexity index is 435. The lowest BCUT2D eigenvalue weighted by molar-refractivity contribution is 0.0465. The lowest BCUT2D eigenvalue weighted by Crippen LogP contribution is -2.28. The molecule has 1 aliphatic rings. The highest BCUT2D eigenvalue weighted by Gasteiger charge is 2.26. The second-order valence-corrected chi connectivity index (χ2v) is 7.51. The predicted octanol–water partition coefficient (Wildman–Crippen LogP) is 4.74. The molecule has 0 aliphatic carbocycles. The van der Waals surface area contributed by atoms with Crippen LogP contribution in [0.3, 0.4) is 0 Å². The van der Waals surface area contributed by atoms with Crippen molar-refractivity contribution in [2.24, 2.45) is 5.92 Å². The van der Waals surface area contributed by atoms with Crippen LogP contribution in [0.2, 0.25) is 0 Å². The highest BCUT2D eigenvalue weighted by Crippen LogP contribution is 2.32. The Balaban J connectivity index is 2.01. The average molecular weight is 354 g/mol. The van der Waals surface area contributed by atoms with Crippen molar-refractivity contribution in [1.29, 1.82) is 0 Å². The maximum Gasteiger partial charge on any atom is 0.0586 e. The molecule has 1 saturated heterocycles. The summed E-state index contributed by atoms with van der Waals surface area (Å²) < 4.78 is 7.25. The van der Waals surface area contributed by atoms with Crippen LogP contribution in [0.1, 0.15) is 51.5 Å². The number of rotatable bonds is 7. The fourth-order valence-electron chi connectivity index (χ4n) is 3.05. The van der Waals surface area contributed by atoms with Gasteiger partial charge in [-0.2, -0.15) is 0 Å². The van der Waals surface area contributed by atoms with Gasteiger partial charge in [0, 0.05) is 11.0 Å². The number of ether oxygens (including phenoxy) is 1. The van der Waals surface area contributed by atoms with Crippen LogP contribution in [0, 0.1) is 5.92 Å². The fourth-order valence-corrected chi connectivity index (χ4v) is 3.66. The molecular weight excluding hydrogens is 326 g/mol. The van der Waals surface area contributed by atoms with Gasteiger partial charge in [0.15, 0.2) is 0 Å². The van der Waals surface area contributed by atoms with Crippen LogP contribution in [0.15, 0.2) is 28.7 Å². The van der Waals surface area contributed by atoms with E-state index in [0.717, 1.165) is 19.5 Å². The van der Waals surface area contributed by atoms with Crippen molar-refractivity contribution in [1.82, 2.24) is 5.32 Å². The zero-order chi connectivity index (χ0) is 15.2. The summed E-state index contributed by atoms with van der Waals surface area (Å²) in [5, 5.41) is 3.62. The molecular formula is C18H28BrNO. The van der Waals surface area contributed by atoms with Gasteiger partial charge in [0.2, 0.25) is 0 Å².